The standard InChI is InChI=1S/C13H14ClFN2O/c1-8-13(17-12(16-8)5-6-14)9-3-4-11(18-2)10(15)7-9/h3-4,7H,5-6H2,1-2H3,(H,16,17). The van der Waals surface area contributed by atoms with E-state index in [9.17, 15) is 4.39 Å². The highest BCUT2D eigenvalue weighted by Crippen LogP contribution is 2.26. The topological polar surface area (TPSA) is 37.9 Å². The van der Waals surface area contributed by atoms with Gasteiger partial charge in [0.05, 0.1) is 12.8 Å². The van der Waals surface area contributed by atoms with Gasteiger partial charge in [0, 0.05) is 23.6 Å². The van der Waals surface area contributed by atoms with Gasteiger partial charge >= 0.3 is 0 Å². The number of halogens is 2. The van der Waals surface area contributed by atoms with Crippen molar-refractivity contribution in [2.45, 2.75) is 13.3 Å². The Labute approximate surface area is 110 Å². The molecule has 0 fully saturated rings. The van der Waals surface area contributed by atoms with Gasteiger partial charge in [-0.3, -0.25) is 0 Å². The normalized spacial score (nSPS) is 10.7. The maximum absolute atomic E-state index is 13.6. The number of hydrogen-bond donors (Lipinski definition) is 1. The van der Waals surface area contributed by atoms with Crippen LogP contribution in [0.1, 0.15) is 11.5 Å². The van der Waals surface area contributed by atoms with Crippen LogP contribution in [0.3, 0.4) is 0 Å². The summed E-state index contributed by atoms with van der Waals surface area (Å²) in [5.41, 5.74) is 2.37. The first kappa shape index (κ1) is 12.9. The van der Waals surface area contributed by atoms with Gasteiger partial charge in [0.15, 0.2) is 11.6 Å². The number of rotatable bonds is 4. The molecule has 96 valence electrons. The Morgan fingerprint density at radius 2 is 2.22 bits per heavy atom. The van der Waals surface area contributed by atoms with Gasteiger partial charge in [-0.15, -0.1) is 11.6 Å². The van der Waals surface area contributed by atoms with Crippen LogP contribution >= 0.6 is 11.6 Å². The van der Waals surface area contributed by atoms with Crippen molar-refractivity contribution in [2.75, 3.05) is 13.0 Å². The van der Waals surface area contributed by atoms with E-state index in [0.29, 0.717) is 12.3 Å². The summed E-state index contributed by atoms with van der Waals surface area (Å²) in [6.07, 6.45) is 0.668. The number of alkyl halides is 1. The number of imidazole rings is 1. The van der Waals surface area contributed by atoms with Crippen LogP contribution in [0.15, 0.2) is 18.2 Å². The van der Waals surface area contributed by atoms with Crippen molar-refractivity contribution in [1.82, 2.24) is 9.97 Å². The summed E-state index contributed by atoms with van der Waals surface area (Å²) >= 11 is 5.67. The molecule has 1 N–H and O–H groups in total. The molecule has 0 atom stereocenters. The molecule has 0 aliphatic carbocycles. The third-order valence-electron chi connectivity index (χ3n) is 2.69. The Hall–Kier alpha value is -1.55. The molecule has 2 rings (SSSR count). The predicted molar refractivity (Wildman–Crippen MR) is 69.7 cm³/mol. The zero-order valence-electron chi connectivity index (χ0n) is 10.3. The Morgan fingerprint density at radius 3 is 2.83 bits per heavy atom. The van der Waals surface area contributed by atoms with Crippen LogP contribution in [0.25, 0.3) is 11.3 Å². The molecule has 0 aliphatic rings. The lowest BCUT2D eigenvalue weighted by atomic mass is 10.1. The van der Waals surface area contributed by atoms with E-state index in [4.69, 9.17) is 16.3 Å². The van der Waals surface area contributed by atoms with Gasteiger partial charge in [-0.25, -0.2) is 9.37 Å². The zero-order valence-corrected chi connectivity index (χ0v) is 11.0. The predicted octanol–water partition coefficient (Wildman–Crippen LogP) is 3.31. The monoisotopic (exact) mass is 268 g/mol. The van der Waals surface area contributed by atoms with E-state index in [-0.39, 0.29) is 5.75 Å². The van der Waals surface area contributed by atoms with Gasteiger partial charge < -0.3 is 9.72 Å². The van der Waals surface area contributed by atoms with Crippen molar-refractivity contribution < 1.29 is 9.13 Å². The molecule has 0 spiro atoms. The lowest BCUT2D eigenvalue weighted by Gasteiger charge is -2.03. The molecule has 0 amide bonds. The van der Waals surface area contributed by atoms with E-state index in [1.807, 2.05) is 6.92 Å². The summed E-state index contributed by atoms with van der Waals surface area (Å²) in [5, 5.41) is 0. The van der Waals surface area contributed by atoms with E-state index in [0.717, 1.165) is 22.8 Å². The van der Waals surface area contributed by atoms with Crippen LogP contribution in [0.4, 0.5) is 4.39 Å². The summed E-state index contributed by atoms with van der Waals surface area (Å²) < 4.78 is 18.5. The van der Waals surface area contributed by atoms with E-state index in [1.54, 1.807) is 12.1 Å². The summed E-state index contributed by atoms with van der Waals surface area (Å²) in [4.78, 5) is 7.56. The van der Waals surface area contributed by atoms with Crippen molar-refractivity contribution in [1.29, 1.82) is 0 Å². The SMILES string of the molecule is COc1ccc(-c2nc(CCCl)[nH]c2C)cc1F. The number of benzene rings is 1. The van der Waals surface area contributed by atoms with Crippen LogP contribution in [-0.4, -0.2) is 23.0 Å². The molecule has 0 saturated heterocycles. The molecule has 5 heteroatoms. The third kappa shape index (κ3) is 2.48. The van der Waals surface area contributed by atoms with Gasteiger partial charge in [0.2, 0.25) is 0 Å². The number of aromatic amines is 1. The number of H-pyrrole nitrogens is 1. The maximum Gasteiger partial charge on any atom is 0.165 e. The van der Waals surface area contributed by atoms with Crippen molar-refractivity contribution in [3.05, 3.63) is 35.5 Å². The summed E-state index contributed by atoms with van der Waals surface area (Å²) in [7, 11) is 1.44. The van der Waals surface area contributed by atoms with Gasteiger partial charge in [-0.05, 0) is 25.1 Å². The zero-order chi connectivity index (χ0) is 13.1. The molecule has 0 radical (unpaired) electrons. The van der Waals surface area contributed by atoms with E-state index < -0.39 is 5.82 Å². The number of aromatic nitrogens is 2. The molecular weight excluding hydrogens is 255 g/mol. The quantitative estimate of drug-likeness (QED) is 0.864. The molecule has 0 bridgehead atoms. The Bertz CT molecular complexity index is 554. The van der Waals surface area contributed by atoms with Crippen molar-refractivity contribution >= 4 is 11.6 Å². The van der Waals surface area contributed by atoms with Crippen molar-refractivity contribution in [3.8, 4) is 17.0 Å². The first-order valence-corrected chi connectivity index (χ1v) is 6.14. The number of aryl methyl sites for hydroxylation is 2. The Kier molecular flexibility index (Phi) is 3.87. The van der Waals surface area contributed by atoms with Gasteiger partial charge in [0.1, 0.15) is 5.82 Å². The lowest BCUT2D eigenvalue weighted by Crippen LogP contribution is -1.90. The number of nitrogens with zero attached hydrogens (tertiary/aromatic N) is 1. The molecule has 18 heavy (non-hydrogen) atoms. The minimum Gasteiger partial charge on any atom is -0.494 e. The number of methoxy groups -OCH3 is 1. The molecule has 1 aromatic carbocycles. The summed E-state index contributed by atoms with van der Waals surface area (Å²) in [5.74, 6) is 1.15. The third-order valence-corrected chi connectivity index (χ3v) is 2.88. The summed E-state index contributed by atoms with van der Waals surface area (Å²) in [6.45, 7) is 1.90. The van der Waals surface area contributed by atoms with E-state index in [1.165, 1.54) is 13.2 Å². The highest BCUT2D eigenvalue weighted by atomic mass is 35.5. The van der Waals surface area contributed by atoms with Crippen LogP contribution in [-0.2, 0) is 6.42 Å². The van der Waals surface area contributed by atoms with Crippen LogP contribution < -0.4 is 4.74 Å². The first-order chi connectivity index (χ1) is 8.65. The average molecular weight is 269 g/mol. The smallest absolute Gasteiger partial charge is 0.165 e. The Morgan fingerprint density at radius 1 is 1.44 bits per heavy atom. The second-order valence-corrected chi connectivity index (χ2v) is 4.32. The fraction of sp³-hybridized carbons (Fsp3) is 0.308. The molecule has 0 aliphatic heterocycles. The van der Waals surface area contributed by atoms with Crippen LogP contribution in [0, 0.1) is 12.7 Å². The second kappa shape index (κ2) is 5.40. The van der Waals surface area contributed by atoms with Crippen LogP contribution in [0.2, 0.25) is 0 Å². The minimum atomic E-state index is -0.392. The Balaban J connectivity index is 2.39. The fourth-order valence-corrected chi connectivity index (χ4v) is 2.00. The molecule has 2 aromatic rings. The average Bonchev–Trinajstić information content (AvgIpc) is 2.71. The highest BCUT2D eigenvalue weighted by molar-refractivity contribution is 6.17. The first-order valence-electron chi connectivity index (χ1n) is 5.61. The van der Waals surface area contributed by atoms with E-state index >= 15 is 0 Å². The molecule has 0 unspecified atom stereocenters. The van der Waals surface area contributed by atoms with Crippen molar-refractivity contribution in [3.63, 3.8) is 0 Å². The van der Waals surface area contributed by atoms with E-state index in [2.05, 4.69) is 9.97 Å². The molecular formula is C13H14ClFN2O. The van der Waals surface area contributed by atoms with Gasteiger partial charge in [0.25, 0.3) is 0 Å². The summed E-state index contributed by atoms with van der Waals surface area (Å²) in [6, 6.07) is 4.81. The molecule has 1 aromatic heterocycles. The van der Waals surface area contributed by atoms with Crippen molar-refractivity contribution in [2.24, 2.45) is 0 Å². The lowest BCUT2D eigenvalue weighted by molar-refractivity contribution is 0.386. The molecule has 0 saturated carbocycles. The number of ether oxygens (including phenoxy) is 1. The largest absolute Gasteiger partial charge is 0.494 e. The van der Waals surface area contributed by atoms with Crippen LogP contribution in [0.5, 0.6) is 5.75 Å². The second-order valence-electron chi connectivity index (χ2n) is 3.95. The van der Waals surface area contributed by atoms with Gasteiger partial charge in [-0.2, -0.15) is 0 Å². The highest BCUT2D eigenvalue weighted by Gasteiger charge is 2.11. The fourth-order valence-electron chi connectivity index (χ4n) is 1.83. The maximum atomic E-state index is 13.6. The molecule has 3 nitrogen and oxygen atoms in total. The number of hydrogen-bond acceptors (Lipinski definition) is 2. The minimum absolute atomic E-state index is 0.230. The van der Waals surface area contributed by atoms with Gasteiger partial charge in [-0.1, -0.05) is 0 Å². The molecule has 1 heterocycles. The number of nitrogens with one attached hydrogen (secondary N) is 1.